The van der Waals surface area contributed by atoms with Crippen LogP contribution in [0.1, 0.15) is 34.5 Å². The van der Waals surface area contributed by atoms with E-state index in [2.05, 4.69) is 10.3 Å². The summed E-state index contributed by atoms with van der Waals surface area (Å²) in [4.78, 5) is 17.8. The molecular formula is C17H18N2OS. The zero-order valence-corrected chi connectivity index (χ0v) is 12.9. The molecule has 1 aliphatic carbocycles. The summed E-state index contributed by atoms with van der Waals surface area (Å²) in [5, 5.41) is 3.59. The van der Waals surface area contributed by atoms with Crippen molar-refractivity contribution in [2.45, 2.75) is 32.6 Å². The molecule has 0 bridgehead atoms. The number of carbonyl (C=O) groups excluding carboxylic acids is 1. The standard InChI is InChI=1S/C17H18N2OS/c1-12-6-8-13(9-7-12)10-11-16(20)19-17-18-14-4-2-3-5-15(14)21-17/h6-11H,2-5H2,1H3,(H,18,19,20). The van der Waals surface area contributed by atoms with Gasteiger partial charge in [0.15, 0.2) is 5.13 Å². The lowest BCUT2D eigenvalue weighted by molar-refractivity contribution is -0.111. The van der Waals surface area contributed by atoms with E-state index in [1.54, 1.807) is 17.4 Å². The summed E-state index contributed by atoms with van der Waals surface area (Å²) in [5.41, 5.74) is 3.41. The Morgan fingerprint density at radius 3 is 2.76 bits per heavy atom. The Morgan fingerprint density at radius 1 is 1.24 bits per heavy atom. The first-order valence-electron chi connectivity index (χ1n) is 7.25. The van der Waals surface area contributed by atoms with E-state index in [4.69, 9.17) is 0 Å². The molecule has 0 saturated carbocycles. The summed E-state index contributed by atoms with van der Waals surface area (Å²) in [6.07, 6.45) is 7.96. The molecule has 0 fully saturated rings. The molecule has 1 aromatic carbocycles. The zero-order valence-electron chi connectivity index (χ0n) is 12.1. The van der Waals surface area contributed by atoms with Crippen LogP contribution in [0.25, 0.3) is 6.08 Å². The largest absolute Gasteiger partial charge is 0.298 e. The van der Waals surface area contributed by atoms with Gasteiger partial charge in [0.2, 0.25) is 5.91 Å². The maximum atomic E-state index is 11.9. The van der Waals surface area contributed by atoms with Crippen molar-refractivity contribution in [1.82, 2.24) is 4.98 Å². The van der Waals surface area contributed by atoms with Gasteiger partial charge in [-0.3, -0.25) is 10.1 Å². The fourth-order valence-electron chi connectivity index (χ4n) is 2.40. The van der Waals surface area contributed by atoms with Crippen molar-refractivity contribution >= 4 is 28.5 Å². The van der Waals surface area contributed by atoms with E-state index >= 15 is 0 Å². The minimum atomic E-state index is -0.123. The number of nitrogens with zero attached hydrogens (tertiary/aromatic N) is 1. The van der Waals surface area contributed by atoms with Crippen LogP contribution in [0.5, 0.6) is 0 Å². The molecule has 0 radical (unpaired) electrons. The van der Waals surface area contributed by atoms with E-state index in [-0.39, 0.29) is 5.91 Å². The molecule has 21 heavy (non-hydrogen) atoms. The molecule has 0 atom stereocenters. The van der Waals surface area contributed by atoms with E-state index in [0.717, 1.165) is 23.5 Å². The second-order valence-electron chi connectivity index (χ2n) is 5.33. The number of carbonyl (C=O) groups is 1. The third kappa shape index (κ3) is 3.58. The number of anilines is 1. The van der Waals surface area contributed by atoms with Crippen LogP contribution in [-0.4, -0.2) is 10.9 Å². The van der Waals surface area contributed by atoms with Crippen LogP contribution in [0.3, 0.4) is 0 Å². The molecule has 1 heterocycles. The SMILES string of the molecule is Cc1ccc(C=CC(=O)Nc2nc3c(s2)CCCC3)cc1. The van der Waals surface area contributed by atoms with Gasteiger partial charge in [-0.2, -0.15) is 0 Å². The Bertz CT molecular complexity index is 647. The van der Waals surface area contributed by atoms with Crippen molar-refractivity contribution in [2.75, 3.05) is 5.32 Å². The van der Waals surface area contributed by atoms with Gasteiger partial charge in [-0.1, -0.05) is 29.8 Å². The van der Waals surface area contributed by atoms with E-state index in [9.17, 15) is 4.79 Å². The summed E-state index contributed by atoms with van der Waals surface area (Å²) < 4.78 is 0. The van der Waals surface area contributed by atoms with E-state index in [1.807, 2.05) is 37.3 Å². The third-order valence-corrected chi connectivity index (χ3v) is 4.65. The summed E-state index contributed by atoms with van der Waals surface area (Å²) >= 11 is 1.61. The fraction of sp³-hybridized carbons (Fsp3) is 0.294. The third-order valence-electron chi connectivity index (χ3n) is 3.58. The predicted molar refractivity (Wildman–Crippen MR) is 87.6 cm³/mol. The quantitative estimate of drug-likeness (QED) is 0.871. The number of aromatic nitrogens is 1. The molecule has 2 aromatic rings. The number of amides is 1. The van der Waals surface area contributed by atoms with Crippen molar-refractivity contribution in [1.29, 1.82) is 0 Å². The maximum absolute atomic E-state index is 11.9. The van der Waals surface area contributed by atoms with Gasteiger partial charge in [0.25, 0.3) is 0 Å². The first kappa shape index (κ1) is 14.0. The Kier molecular flexibility index (Phi) is 4.15. The van der Waals surface area contributed by atoms with Gasteiger partial charge in [-0.25, -0.2) is 4.98 Å². The number of thiazole rings is 1. The molecule has 4 heteroatoms. The first-order valence-corrected chi connectivity index (χ1v) is 8.07. The summed E-state index contributed by atoms with van der Waals surface area (Å²) in [7, 11) is 0. The van der Waals surface area contributed by atoms with E-state index in [1.165, 1.54) is 29.0 Å². The van der Waals surface area contributed by atoms with Crippen molar-refractivity contribution in [3.63, 3.8) is 0 Å². The monoisotopic (exact) mass is 298 g/mol. The summed E-state index contributed by atoms with van der Waals surface area (Å²) in [6, 6.07) is 8.07. The smallest absolute Gasteiger partial charge is 0.250 e. The van der Waals surface area contributed by atoms with Crippen LogP contribution in [0.2, 0.25) is 0 Å². The number of hydrogen-bond donors (Lipinski definition) is 1. The van der Waals surface area contributed by atoms with Gasteiger partial charge in [0.05, 0.1) is 5.69 Å². The van der Waals surface area contributed by atoms with Crippen molar-refractivity contribution in [3.05, 3.63) is 52.0 Å². The van der Waals surface area contributed by atoms with E-state index in [0.29, 0.717) is 0 Å². The second kappa shape index (κ2) is 6.22. The van der Waals surface area contributed by atoms with Crippen LogP contribution in [0, 0.1) is 6.92 Å². The van der Waals surface area contributed by atoms with Crippen molar-refractivity contribution in [3.8, 4) is 0 Å². The molecule has 1 aromatic heterocycles. The normalized spacial score (nSPS) is 14.1. The molecule has 1 N–H and O–H groups in total. The fourth-order valence-corrected chi connectivity index (χ4v) is 3.45. The number of fused-ring (bicyclic) bond motifs is 1. The van der Waals surface area contributed by atoms with Crippen LogP contribution >= 0.6 is 11.3 Å². The molecule has 0 spiro atoms. The maximum Gasteiger partial charge on any atom is 0.250 e. The number of nitrogens with one attached hydrogen (secondary N) is 1. The number of hydrogen-bond acceptors (Lipinski definition) is 3. The molecule has 1 amide bonds. The van der Waals surface area contributed by atoms with Gasteiger partial charge in [-0.05, 0) is 44.2 Å². The highest BCUT2D eigenvalue weighted by molar-refractivity contribution is 7.15. The highest BCUT2D eigenvalue weighted by atomic mass is 32.1. The minimum Gasteiger partial charge on any atom is -0.298 e. The molecule has 3 rings (SSSR count). The molecule has 3 nitrogen and oxygen atoms in total. The van der Waals surface area contributed by atoms with Gasteiger partial charge >= 0.3 is 0 Å². The zero-order chi connectivity index (χ0) is 14.7. The molecule has 0 aliphatic heterocycles. The molecule has 1 aliphatic rings. The van der Waals surface area contributed by atoms with Gasteiger partial charge in [-0.15, -0.1) is 11.3 Å². The van der Waals surface area contributed by atoms with Gasteiger partial charge < -0.3 is 0 Å². The minimum absolute atomic E-state index is 0.123. The average molecular weight is 298 g/mol. The Balaban J connectivity index is 1.63. The van der Waals surface area contributed by atoms with Crippen LogP contribution in [0.15, 0.2) is 30.3 Å². The van der Waals surface area contributed by atoms with E-state index < -0.39 is 0 Å². The molecule has 108 valence electrons. The first-order chi connectivity index (χ1) is 10.2. The van der Waals surface area contributed by atoms with Gasteiger partial charge in [0.1, 0.15) is 0 Å². The second-order valence-corrected chi connectivity index (χ2v) is 6.41. The molecule has 0 unspecified atom stereocenters. The van der Waals surface area contributed by atoms with Gasteiger partial charge in [0, 0.05) is 11.0 Å². The Hall–Kier alpha value is -1.94. The lowest BCUT2D eigenvalue weighted by Gasteiger charge is -2.06. The Morgan fingerprint density at radius 2 is 2.00 bits per heavy atom. The number of aryl methyl sites for hydroxylation is 3. The summed E-state index contributed by atoms with van der Waals surface area (Å²) in [5.74, 6) is -0.123. The summed E-state index contributed by atoms with van der Waals surface area (Å²) in [6.45, 7) is 2.05. The number of rotatable bonds is 3. The lowest BCUT2D eigenvalue weighted by Crippen LogP contribution is -2.07. The number of benzene rings is 1. The van der Waals surface area contributed by atoms with Crippen molar-refractivity contribution in [2.24, 2.45) is 0 Å². The highest BCUT2D eigenvalue weighted by Crippen LogP contribution is 2.29. The molecule has 0 saturated heterocycles. The predicted octanol–water partition coefficient (Wildman–Crippen LogP) is 3.98. The topological polar surface area (TPSA) is 42.0 Å². The van der Waals surface area contributed by atoms with Crippen molar-refractivity contribution < 1.29 is 4.79 Å². The lowest BCUT2D eigenvalue weighted by atomic mass is 10.0. The van der Waals surface area contributed by atoms with Crippen LogP contribution < -0.4 is 5.32 Å². The average Bonchev–Trinajstić information content (AvgIpc) is 2.88. The highest BCUT2D eigenvalue weighted by Gasteiger charge is 2.15. The van der Waals surface area contributed by atoms with Crippen LogP contribution in [0.4, 0.5) is 5.13 Å². The van der Waals surface area contributed by atoms with Crippen LogP contribution in [-0.2, 0) is 17.6 Å². The Labute approximate surface area is 128 Å². The molecular weight excluding hydrogens is 280 g/mol.